The number of carbonyl (C=O) groups excluding carboxylic acids is 4. The Kier molecular flexibility index (Phi) is 11.4. The summed E-state index contributed by atoms with van der Waals surface area (Å²) in [5, 5.41) is 9.82. The van der Waals surface area contributed by atoms with E-state index in [0.717, 1.165) is 22.0 Å². The van der Waals surface area contributed by atoms with Crippen molar-refractivity contribution in [3.63, 3.8) is 0 Å². The molecule has 3 aliphatic heterocycles. The largest absolute Gasteiger partial charge is 0.488 e. The molecule has 6 unspecified atom stereocenters. The summed E-state index contributed by atoms with van der Waals surface area (Å²) in [7, 11) is 3.72. The van der Waals surface area contributed by atoms with Crippen LogP contribution in [0.25, 0.3) is 17.0 Å². The van der Waals surface area contributed by atoms with Crippen molar-refractivity contribution in [1.29, 1.82) is 0 Å². The van der Waals surface area contributed by atoms with Crippen molar-refractivity contribution in [3.05, 3.63) is 72.1 Å². The van der Waals surface area contributed by atoms with Crippen LogP contribution in [0.2, 0.25) is 0 Å². The van der Waals surface area contributed by atoms with Gasteiger partial charge >= 0.3 is 0 Å². The lowest BCUT2D eigenvalue weighted by Crippen LogP contribution is -2.60. The van der Waals surface area contributed by atoms with Gasteiger partial charge in [0.05, 0.1) is 6.04 Å². The van der Waals surface area contributed by atoms with Gasteiger partial charge in [-0.25, -0.2) is 0 Å². The van der Waals surface area contributed by atoms with Gasteiger partial charge in [-0.2, -0.15) is 0 Å². The second kappa shape index (κ2) is 15.7. The molecular weight excluding hydrogens is 620 g/mol. The van der Waals surface area contributed by atoms with Crippen molar-refractivity contribution in [1.82, 2.24) is 30.7 Å². The van der Waals surface area contributed by atoms with E-state index < -0.39 is 36.2 Å². The molecule has 4 N–H and O–H groups in total. The fraction of sp³-hybridized carbons (Fsp3) is 0.474. The maximum atomic E-state index is 14.8. The first-order valence-electron chi connectivity index (χ1n) is 17.3. The number of H-pyrrole nitrogens is 1. The second-order valence-electron chi connectivity index (χ2n) is 13.9. The van der Waals surface area contributed by atoms with Gasteiger partial charge in [-0.15, -0.1) is 0 Å². The summed E-state index contributed by atoms with van der Waals surface area (Å²) < 4.78 is 6.40. The number of hydrogen-bond donors (Lipinski definition) is 4. The molecule has 1 fully saturated rings. The van der Waals surface area contributed by atoms with E-state index in [9.17, 15) is 19.2 Å². The maximum Gasteiger partial charge on any atom is 0.247 e. The summed E-state index contributed by atoms with van der Waals surface area (Å²) >= 11 is 0. The number of aromatic amines is 1. The Balaban J connectivity index is 1.51. The van der Waals surface area contributed by atoms with Gasteiger partial charge in [0.25, 0.3) is 0 Å². The normalized spacial score (nSPS) is 22.1. The molecule has 4 amide bonds. The molecule has 6 rings (SSSR count). The van der Waals surface area contributed by atoms with E-state index in [0.29, 0.717) is 25.0 Å². The fourth-order valence-electron chi connectivity index (χ4n) is 6.72. The predicted octanol–water partition coefficient (Wildman–Crippen LogP) is 3.85. The number of hydrogen-bond acceptors (Lipinski definition) is 6. The third-order valence-electron chi connectivity index (χ3n) is 9.69. The van der Waals surface area contributed by atoms with Crippen LogP contribution in [0.15, 0.2) is 60.9 Å². The molecule has 1 aromatic heterocycles. The summed E-state index contributed by atoms with van der Waals surface area (Å²) in [6.07, 6.45) is 6.43. The van der Waals surface area contributed by atoms with Crippen molar-refractivity contribution in [2.24, 2.45) is 11.8 Å². The number of rotatable bonds is 10. The minimum Gasteiger partial charge on any atom is -0.488 e. The van der Waals surface area contributed by atoms with E-state index in [1.807, 2.05) is 87.6 Å². The van der Waals surface area contributed by atoms with E-state index in [4.69, 9.17) is 4.74 Å². The SMILES string of the molecule is CCC(C)C1NC(=O)C2C(CCN2C(=O)C(Cc2c[nH]c3ccccc23)NC(=O)C(CC(C)C)N(C)C)Oc2ccc(cc2)/C=C/NC1=O. The van der Waals surface area contributed by atoms with E-state index in [1.165, 1.54) is 4.90 Å². The van der Waals surface area contributed by atoms with Gasteiger partial charge in [0.1, 0.15) is 30.0 Å². The summed E-state index contributed by atoms with van der Waals surface area (Å²) in [4.78, 5) is 62.9. The molecule has 3 aliphatic rings. The van der Waals surface area contributed by atoms with Crippen LogP contribution < -0.4 is 20.7 Å². The first-order valence-corrected chi connectivity index (χ1v) is 17.3. The molecule has 262 valence electrons. The Labute approximate surface area is 288 Å². The standard InChI is InChI=1S/C38H50N6O5/c1-7-24(4)33-36(46)39-18-16-25-12-14-27(15-13-25)49-32-17-19-44(34(32)37(47)42-33)38(48)30(41-35(45)31(43(5)6)20-23(2)3)21-26-22-40-29-11-9-8-10-28(26)29/h8-16,18,22-24,30-34,40H,7,17,19-21H2,1-6H3,(H,39,46)(H,41,45)(H,42,47)/b18-16+. The predicted molar refractivity (Wildman–Crippen MR) is 190 cm³/mol. The highest BCUT2D eigenvalue weighted by molar-refractivity contribution is 5.96. The first kappa shape index (κ1) is 35.7. The van der Waals surface area contributed by atoms with Crippen LogP contribution in [0.4, 0.5) is 0 Å². The van der Waals surface area contributed by atoms with Gasteiger partial charge in [0.15, 0.2) is 0 Å². The number of likely N-dealkylation sites (tertiary alicyclic amines) is 1. The monoisotopic (exact) mass is 670 g/mol. The van der Waals surface area contributed by atoms with Gasteiger partial charge in [0, 0.05) is 42.7 Å². The topological polar surface area (TPSA) is 136 Å². The molecule has 0 aliphatic carbocycles. The molecule has 6 atom stereocenters. The summed E-state index contributed by atoms with van der Waals surface area (Å²) in [6.45, 7) is 8.23. The zero-order chi connectivity index (χ0) is 35.2. The number of nitrogens with zero attached hydrogens (tertiary/aromatic N) is 2. The fourth-order valence-corrected chi connectivity index (χ4v) is 6.72. The van der Waals surface area contributed by atoms with Crippen molar-refractivity contribution in [2.75, 3.05) is 20.6 Å². The number of amides is 4. The molecular formula is C38H50N6O5. The zero-order valence-corrected chi connectivity index (χ0v) is 29.4. The minimum atomic E-state index is -1.03. The third kappa shape index (κ3) is 8.33. The van der Waals surface area contributed by atoms with Gasteiger partial charge in [-0.1, -0.05) is 64.4 Å². The van der Waals surface area contributed by atoms with Crippen molar-refractivity contribution < 1.29 is 23.9 Å². The van der Waals surface area contributed by atoms with Crippen molar-refractivity contribution in [2.45, 2.75) is 83.6 Å². The van der Waals surface area contributed by atoms with E-state index >= 15 is 0 Å². The highest BCUT2D eigenvalue weighted by Gasteiger charge is 2.47. The Hall–Kier alpha value is -4.64. The molecule has 1 saturated heterocycles. The van der Waals surface area contributed by atoms with E-state index in [-0.39, 0.29) is 42.5 Å². The number of para-hydroxylation sites is 1. The van der Waals surface area contributed by atoms with Crippen LogP contribution >= 0.6 is 0 Å². The van der Waals surface area contributed by atoms with Crippen LogP contribution in [0.3, 0.4) is 0 Å². The molecule has 0 spiro atoms. The van der Waals surface area contributed by atoms with E-state index in [2.05, 4.69) is 34.8 Å². The highest BCUT2D eigenvalue weighted by Crippen LogP contribution is 2.28. The van der Waals surface area contributed by atoms with E-state index in [1.54, 1.807) is 12.3 Å². The average molecular weight is 671 g/mol. The Morgan fingerprint density at radius 3 is 2.47 bits per heavy atom. The molecule has 3 aromatic rings. The first-order chi connectivity index (χ1) is 23.5. The number of carbonyl (C=O) groups is 4. The molecule has 0 radical (unpaired) electrons. The van der Waals surface area contributed by atoms with Crippen LogP contribution in [0.5, 0.6) is 5.75 Å². The number of likely N-dealkylation sites (N-methyl/N-ethyl adjacent to an activating group) is 1. The van der Waals surface area contributed by atoms with Crippen LogP contribution in [0, 0.1) is 11.8 Å². The Morgan fingerprint density at radius 2 is 1.78 bits per heavy atom. The average Bonchev–Trinajstić information content (AvgIpc) is 3.69. The second-order valence-corrected chi connectivity index (χ2v) is 13.9. The third-order valence-corrected chi connectivity index (χ3v) is 9.69. The summed E-state index contributed by atoms with van der Waals surface area (Å²) in [6, 6.07) is 11.9. The Bertz CT molecular complexity index is 1660. The summed E-state index contributed by atoms with van der Waals surface area (Å²) in [5.74, 6) is -0.795. The van der Waals surface area contributed by atoms with Crippen molar-refractivity contribution >= 4 is 40.6 Å². The van der Waals surface area contributed by atoms with Crippen LogP contribution in [-0.2, 0) is 25.6 Å². The quantitative estimate of drug-likeness (QED) is 0.259. The van der Waals surface area contributed by atoms with Gasteiger partial charge in [0.2, 0.25) is 23.6 Å². The van der Waals surface area contributed by atoms with Gasteiger partial charge in [-0.3, -0.25) is 24.1 Å². The summed E-state index contributed by atoms with van der Waals surface area (Å²) in [5.41, 5.74) is 2.68. The Morgan fingerprint density at radius 1 is 1.04 bits per heavy atom. The molecule has 4 heterocycles. The minimum absolute atomic E-state index is 0.175. The van der Waals surface area contributed by atoms with Gasteiger partial charge in [-0.05, 0) is 67.8 Å². The molecule has 0 saturated carbocycles. The lowest BCUT2D eigenvalue weighted by molar-refractivity contribution is -0.144. The number of benzene rings is 2. The van der Waals surface area contributed by atoms with Crippen molar-refractivity contribution in [3.8, 4) is 5.75 Å². The number of fused-ring (bicyclic) bond motifs is 8. The molecule has 11 nitrogen and oxygen atoms in total. The van der Waals surface area contributed by atoms with Crippen LogP contribution in [-0.4, -0.2) is 89.3 Å². The van der Waals surface area contributed by atoms with Gasteiger partial charge < -0.3 is 30.6 Å². The molecule has 49 heavy (non-hydrogen) atoms. The maximum absolute atomic E-state index is 14.8. The molecule has 11 heteroatoms. The lowest BCUT2D eigenvalue weighted by atomic mass is 9.97. The number of aromatic nitrogens is 1. The molecule has 2 bridgehead atoms. The van der Waals surface area contributed by atoms with Crippen LogP contribution in [0.1, 0.15) is 58.1 Å². The lowest BCUT2D eigenvalue weighted by Gasteiger charge is -2.33. The molecule has 2 aromatic carbocycles. The number of ether oxygens (including phenoxy) is 1. The number of nitrogens with one attached hydrogen (secondary N) is 4. The smallest absolute Gasteiger partial charge is 0.247 e. The highest BCUT2D eigenvalue weighted by atomic mass is 16.5. The zero-order valence-electron chi connectivity index (χ0n) is 29.4.